The summed E-state index contributed by atoms with van der Waals surface area (Å²) in [6.45, 7) is -3.07. The van der Waals surface area contributed by atoms with Crippen molar-refractivity contribution in [3.05, 3.63) is 27.7 Å². The number of carbonyl (C=O) groups excluding carboxylic acids is 1. The summed E-state index contributed by atoms with van der Waals surface area (Å²) in [6, 6.07) is 2.72. The van der Waals surface area contributed by atoms with Crippen LogP contribution < -0.4 is 15.8 Å². The van der Waals surface area contributed by atoms with Gasteiger partial charge in [0.1, 0.15) is 5.75 Å². The van der Waals surface area contributed by atoms with E-state index in [0.717, 1.165) is 12.8 Å². The summed E-state index contributed by atoms with van der Waals surface area (Å²) in [7, 11) is 0. The number of rotatable bonds is 5. The molecule has 1 aliphatic carbocycles. The van der Waals surface area contributed by atoms with Crippen molar-refractivity contribution in [1.82, 2.24) is 5.32 Å². The maximum atomic E-state index is 12.5. The van der Waals surface area contributed by atoms with Crippen LogP contribution in [0.15, 0.2) is 12.1 Å². The summed E-state index contributed by atoms with van der Waals surface area (Å²) in [4.78, 5) is 12.2. The maximum Gasteiger partial charge on any atom is 0.387 e. The lowest BCUT2D eigenvalue weighted by Gasteiger charge is -2.23. The molecule has 1 aromatic carbocycles. The zero-order chi connectivity index (χ0) is 16.3. The Bertz CT molecular complexity index is 567. The fraction of sp³-hybridized carbons (Fsp3) is 0.500. The Balaban J connectivity index is 0.00000264. The second-order valence-corrected chi connectivity index (χ2v) is 6.14. The van der Waals surface area contributed by atoms with Crippen molar-refractivity contribution in [2.75, 3.05) is 0 Å². The first-order valence-electron chi connectivity index (χ1n) is 6.82. The van der Waals surface area contributed by atoms with Gasteiger partial charge in [0.15, 0.2) is 0 Å². The van der Waals surface area contributed by atoms with E-state index in [9.17, 15) is 13.6 Å². The minimum Gasteiger partial charge on any atom is -0.433 e. The van der Waals surface area contributed by atoms with E-state index in [4.69, 9.17) is 28.9 Å². The smallest absolute Gasteiger partial charge is 0.387 e. The van der Waals surface area contributed by atoms with Crippen LogP contribution in [-0.2, 0) is 11.3 Å². The molecule has 0 aromatic heterocycles. The Morgan fingerprint density at radius 3 is 2.52 bits per heavy atom. The molecule has 1 aliphatic rings. The predicted octanol–water partition coefficient (Wildman–Crippen LogP) is 3.90. The van der Waals surface area contributed by atoms with Gasteiger partial charge in [-0.05, 0) is 25.0 Å². The zero-order valence-corrected chi connectivity index (χ0v) is 14.4. The van der Waals surface area contributed by atoms with Crippen LogP contribution in [0.4, 0.5) is 8.78 Å². The van der Waals surface area contributed by atoms with Crippen LogP contribution in [0.1, 0.15) is 31.2 Å². The summed E-state index contributed by atoms with van der Waals surface area (Å²) in [5.41, 5.74) is 5.40. The molecule has 0 radical (unpaired) electrons. The molecule has 23 heavy (non-hydrogen) atoms. The SMILES string of the molecule is Cl.NC1(C(=O)NCc2cc(Cl)cc(Cl)c2OC(F)F)CCCC1. The standard InChI is InChI=1S/C14H16Cl2F2N2O2.ClH/c15-9-5-8(11(10(16)6-9)22-13(17)18)7-20-12(21)14(19)3-1-2-4-14;/h5-6,13H,1-4,7,19H2,(H,20,21);1H. The lowest BCUT2D eigenvalue weighted by Crippen LogP contribution is -2.51. The Hall–Kier alpha value is -0.820. The second-order valence-electron chi connectivity index (χ2n) is 5.30. The van der Waals surface area contributed by atoms with Crippen molar-refractivity contribution in [3.63, 3.8) is 0 Å². The van der Waals surface area contributed by atoms with Gasteiger partial charge in [0.25, 0.3) is 0 Å². The predicted molar refractivity (Wildman–Crippen MR) is 87.6 cm³/mol. The fourth-order valence-corrected chi connectivity index (χ4v) is 3.13. The van der Waals surface area contributed by atoms with Crippen molar-refractivity contribution in [2.24, 2.45) is 5.73 Å². The van der Waals surface area contributed by atoms with E-state index in [1.165, 1.54) is 12.1 Å². The Labute approximate surface area is 149 Å². The zero-order valence-electron chi connectivity index (χ0n) is 12.1. The molecule has 0 heterocycles. The van der Waals surface area contributed by atoms with Crippen molar-refractivity contribution in [1.29, 1.82) is 0 Å². The highest BCUT2D eigenvalue weighted by Gasteiger charge is 2.36. The van der Waals surface area contributed by atoms with Crippen molar-refractivity contribution in [2.45, 2.75) is 44.4 Å². The fourth-order valence-electron chi connectivity index (χ4n) is 2.55. The highest BCUT2D eigenvalue weighted by Crippen LogP contribution is 2.34. The van der Waals surface area contributed by atoms with Crippen molar-refractivity contribution in [3.8, 4) is 5.75 Å². The number of nitrogens with one attached hydrogen (secondary N) is 1. The molecule has 9 heteroatoms. The van der Waals surface area contributed by atoms with E-state index in [0.29, 0.717) is 12.8 Å². The lowest BCUT2D eigenvalue weighted by molar-refractivity contribution is -0.126. The maximum absolute atomic E-state index is 12.5. The quantitative estimate of drug-likeness (QED) is 0.802. The average Bonchev–Trinajstić information content (AvgIpc) is 2.87. The number of nitrogens with two attached hydrogens (primary N) is 1. The number of hydrogen-bond acceptors (Lipinski definition) is 3. The van der Waals surface area contributed by atoms with Crippen molar-refractivity contribution < 1.29 is 18.3 Å². The van der Waals surface area contributed by atoms with Crippen LogP contribution in [0.3, 0.4) is 0 Å². The molecule has 3 N–H and O–H groups in total. The summed E-state index contributed by atoms with van der Waals surface area (Å²) in [5, 5.41) is 2.87. The van der Waals surface area contributed by atoms with Crippen LogP contribution in [0.25, 0.3) is 0 Å². The van der Waals surface area contributed by atoms with E-state index < -0.39 is 12.2 Å². The minimum absolute atomic E-state index is 0. The van der Waals surface area contributed by atoms with Gasteiger partial charge in [0.2, 0.25) is 5.91 Å². The van der Waals surface area contributed by atoms with Crippen LogP contribution >= 0.6 is 35.6 Å². The molecular weight excluding hydrogens is 373 g/mol. The molecule has 0 aliphatic heterocycles. The van der Waals surface area contributed by atoms with E-state index in [2.05, 4.69) is 10.1 Å². The molecule has 2 rings (SSSR count). The largest absolute Gasteiger partial charge is 0.433 e. The number of ether oxygens (including phenoxy) is 1. The Morgan fingerprint density at radius 1 is 1.35 bits per heavy atom. The van der Waals surface area contributed by atoms with Crippen LogP contribution in [0, 0.1) is 0 Å². The first kappa shape index (κ1) is 20.2. The number of amides is 1. The second kappa shape index (κ2) is 8.33. The van der Waals surface area contributed by atoms with Crippen molar-refractivity contribution >= 4 is 41.5 Å². The number of hydrogen-bond donors (Lipinski definition) is 2. The Morgan fingerprint density at radius 2 is 1.96 bits per heavy atom. The molecule has 130 valence electrons. The van der Waals surface area contributed by atoms with Gasteiger partial charge in [-0.25, -0.2) is 0 Å². The van der Waals surface area contributed by atoms with E-state index in [1.54, 1.807) is 0 Å². The van der Waals surface area contributed by atoms with E-state index in [-0.39, 0.29) is 46.2 Å². The van der Waals surface area contributed by atoms with Gasteiger partial charge in [-0.1, -0.05) is 36.0 Å². The van der Waals surface area contributed by atoms with Crippen LogP contribution in [0.5, 0.6) is 5.75 Å². The molecule has 1 aromatic rings. The normalized spacial score (nSPS) is 16.1. The van der Waals surface area contributed by atoms with Gasteiger partial charge in [-0.3, -0.25) is 4.79 Å². The third-order valence-corrected chi connectivity index (χ3v) is 4.18. The monoisotopic (exact) mass is 388 g/mol. The molecule has 0 unspecified atom stereocenters. The molecule has 1 saturated carbocycles. The van der Waals surface area contributed by atoms with Gasteiger partial charge >= 0.3 is 6.61 Å². The van der Waals surface area contributed by atoms with Crippen LogP contribution in [-0.4, -0.2) is 18.1 Å². The minimum atomic E-state index is -3.02. The van der Waals surface area contributed by atoms with E-state index >= 15 is 0 Å². The highest BCUT2D eigenvalue weighted by atomic mass is 35.5. The molecule has 0 spiro atoms. The highest BCUT2D eigenvalue weighted by molar-refractivity contribution is 6.35. The van der Waals surface area contributed by atoms with Gasteiger partial charge < -0.3 is 15.8 Å². The molecule has 0 bridgehead atoms. The topological polar surface area (TPSA) is 64.4 Å². The summed E-state index contributed by atoms with van der Waals surface area (Å²) in [5.74, 6) is -0.511. The molecular formula is C14H17Cl3F2N2O2. The summed E-state index contributed by atoms with van der Waals surface area (Å²) >= 11 is 11.7. The van der Waals surface area contributed by atoms with Crippen LogP contribution in [0.2, 0.25) is 10.0 Å². The Kier molecular flexibility index (Phi) is 7.32. The number of benzene rings is 1. The third-order valence-electron chi connectivity index (χ3n) is 3.68. The van der Waals surface area contributed by atoms with Gasteiger partial charge in [0.05, 0.1) is 10.6 Å². The van der Waals surface area contributed by atoms with E-state index in [1.807, 2.05) is 0 Å². The average molecular weight is 390 g/mol. The summed E-state index contributed by atoms with van der Waals surface area (Å²) < 4.78 is 29.3. The van der Waals surface area contributed by atoms with Gasteiger partial charge in [-0.2, -0.15) is 8.78 Å². The van der Waals surface area contributed by atoms with Gasteiger partial charge in [-0.15, -0.1) is 12.4 Å². The number of carbonyl (C=O) groups is 1. The third kappa shape index (κ3) is 5.08. The first-order chi connectivity index (χ1) is 10.3. The molecule has 0 saturated heterocycles. The number of halogens is 5. The first-order valence-corrected chi connectivity index (χ1v) is 7.57. The number of alkyl halides is 2. The molecule has 1 amide bonds. The van der Waals surface area contributed by atoms with Gasteiger partial charge in [0, 0.05) is 17.1 Å². The lowest BCUT2D eigenvalue weighted by atomic mass is 9.98. The molecule has 4 nitrogen and oxygen atoms in total. The molecule has 1 fully saturated rings. The summed E-state index contributed by atoms with van der Waals surface area (Å²) in [6.07, 6.45) is 3.00. The molecule has 0 atom stereocenters.